The maximum absolute atomic E-state index is 13.6. The van der Waals surface area contributed by atoms with Gasteiger partial charge in [0.2, 0.25) is 5.91 Å². The fourth-order valence-corrected chi connectivity index (χ4v) is 2.67. The van der Waals surface area contributed by atoms with Crippen molar-refractivity contribution in [1.82, 2.24) is 20.0 Å². The quantitative estimate of drug-likeness (QED) is 0.711. The summed E-state index contributed by atoms with van der Waals surface area (Å²) < 4.78 is 15.4. The Morgan fingerprint density at radius 1 is 1.15 bits per heavy atom. The molecule has 0 radical (unpaired) electrons. The highest BCUT2D eigenvalue weighted by atomic mass is 19.1. The van der Waals surface area contributed by atoms with Gasteiger partial charge in [-0.2, -0.15) is 5.10 Å². The standard InChI is InChI=1S/C20H21FN4O/c1-24(15-20(26)22-12-17-7-5-6-10-19(17)21)13-16-11-23-25(14-16)18-8-3-2-4-9-18/h2-11,14H,12-13,15H2,1H3,(H,22,26). The van der Waals surface area contributed by atoms with Crippen molar-refractivity contribution in [3.8, 4) is 5.69 Å². The van der Waals surface area contributed by atoms with Crippen LogP contribution in [-0.2, 0) is 17.9 Å². The average Bonchev–Trinajstić information content (AvgIpc) is 3.10. The topological polar surface area (TPSA) is 50.2 Å². The summed E-state index contributed by atoms with van der Waals surface area (Å²) in [6.07, 6.45) is 3.74. The van der Waals surface area contributed by atoms with Crippen molar-refractivity contribution in [2.45, 2.75) is 13.1 Å². The number of carbonyl (C=O) groups excluding carboxylic acids is 1. The molecule has 0 aliphatic rings. The van der Waals surface area contributed by atoms with E-state index < -0.39 is 0 Å². The van der Waals surface area contributed by atoms with E-state index >= 15 is 0 Å². The first-order valence-corrected chi connectivity index (χ1v) is 8.39. The molecule has 134 valence electrons. The second-order valence-corrected chi connectivity index (χ2v) is 6.17. The van der Waals surface area contributed by atoms with E-state index in [-0.39, 0.29) is 24.8 Å². The van der Waals surface area contributed by atoms with Gasteiger partial charge in [-0.25, -0.2) is 9.07 Å². The van der Waals surface area contributed by atoms with Crippen LogP contribution in [0.15, 0.2) is 67.0 Å². The van der Waals surface area contributed by atoms with Crippen LogP contribution in [-0.4, -0.2) is 34.2 Å². The molecule has 26 heavy (non-hydrogen) atoms. The van der Waals surface area contributed by atoms with E-state index in [1.807, 2.05) is 48.5 Å². The lowest BCUT2D eigenvalue weighted by Crippen LogP contribution is -2.34. The normalized spacial score (nSPS) is 10.9. The second-order valence-electron chi connectivity index (χ2n) is 6.17. The molecule has 0 saturated heterocycles. The third-order valence-electron chi connectivity index (χ3n) is 3.96. The van der Waals surface area contributed by atoms with Crippen LogP contribution in [0.5, 0.6) is 0 Å². The molecule has 1 amide bonds. The molecule has 2 aromatic carbocycles. The van der Waals surface area contributed by atoms with Crippen LogP contribution in [0.4, 0.5) is 4.39 Å². The van der Waals surface area contributed by atoms with E-state index in [4.69, 9.17) is 0 Å². The molecule has 0 aliphatic carbocycles. The predicted octanol–water partition coefficient (Wildman–Crippen LogP) is 2.76. The summed E-state index contributed by atoms with van der Waals surface area (Å²) in [7, 11) is 1.86. The molecule has 0 saturated carbocycles. The zero-order chi connectivity index (χ0) is 18.4. The molecule has 1 aromatic heterocycles. The number of benzene rings is 2. The van der Waals surface area contributed by atoms with E-state index in [2.05, 4.69) is 10.4 Å². The third-order valence-corrected chi connectivity index (χ3v) is 3.96. The van der Waals surface area contributed by atoms with Crippen molar-refractivity contribution in [2.75, 3.05) is 13.6 Å². The van der Waals surface area contributed by atoms with Gasteiger partial charge in [-0.3, -0.25) is 9.69 Å². The molecule has 1 N–H and O–H groups in total. The first-order valence-electron chi connectivity index (χ1n) is 8.39. The first-order chi connectivity index (χ1) is 12.6. The van der Waals surface area contributed by atoms with Crippen molar-refractivity contribution in [2.24, 2.45) is 0 Å². The van der Waals surface area contributed by atoms with Gasteiger partial charge >= 0.3 is 0 Å². The second kappa shape index (κ2) is 8.40. The minimum atomic E-state index is -0.311. The van der Waals surface area contributed by atoms with Gasteiger partial charge in [0.25, 0.3) is 0 Å². The van der Waals surface area contributed by atoms with Crippen molar-refractivity contribution in [1.29, 1.82) is 0 Å². The van der Waals surface area contributed by atoms with Crippen molar-refractivity contribution >= 4 is 5.91 Å². The Hall–Kier alpha value is -2.99. The Morgan fingerprint density at radius 2 is 1.88 bits per heavy atom. The minimum Gasteiger partial charge on any atom is -0.351 e. The Labute approximate surface area is 152 Å². The Bertz CT molecular complexity index is 863. The number of rotatable bonds is 7. The van der Waals surface area contributed by atoms with Gasteiger partial charge in [-0.1, -0.05) is 36.4 Å². The number of likely N-dealkylation sites (N-methyl/N-ethyl adjacent to an activating group) is 1. The van der Waals surface area contributed by atoms with Gasteiger partial charge in [0.05, 0.1) is 18.4 Å². The maximum Gasteiger partial charge on any atom is 0.234 e. The first kappa shape index (κ1) is 17.8. The Kier molecular flexibility index (Phi) is 5.76. The summed E-state index contributed by atoms with van der Waals surface area (Å²) in [5.74, 6) is -0.458. The fourth-order valence-electron chi connectivity index (χ4n) is 2.67. The van der Waals surface area contributed by atoms with Crippen molar-refractivity contribution < 1.29 is 9.18 Å². The lowest BCUT2D eigenvalue weighted by molar-refractivity contribution is -0.122. The fraction of sp³-hybridized carbons (Fsp3) is 0.200. The van der Waals surface area contributed by atoms with Crippen LogP contribution in [0, 0.1) is 5.82 Å². The number of halogens is 1. The number of hydrogen-bond acceptors (Lipinski definition) is 3. The van der Waals surface area contributed by atoms with E-state index in [1.54, 1.807) is 29.1 Å². The van der Waals surface area contributed by atoms with E-state index in [0.29, 0.717) is 12.1 Å². The summed E-state index contributed by atoms with van der Waals surface area (Å²) in [6.45, 7) is 1.01. The lowest BCUT2D eigenvalue weighted by atomic mass is 10.2. The van der Waals surface area contributed by atoms with E-state index in [0.717, 1.165) is 11.3 Å². The molecule has 0 aliphatic heterocycles. The van der Waals surface area contributed by atoms with Crippen LogP contribution < -0.4 is 5.32 Å². The summed E-state index contributed by atoms with van der Waals surface area (Å²) in [4.78, 5) is 14.0. The summed E-state index contributed by atoms with van der Waals surface area (Å²) >= 11 is 0. The third kappa shape index (κ3) is 4.77. The zero-order valence-electron chi connectivity index (χ0n) is 14.6. The van der Waals surface area contributed by atoms with Crippen LogP contribution in [0.3, 0.4) is 0 Å². The number of aromatic nitrogens is 2. The van der Waals surface area contributed by atoms with Crippen LogP contribution in [0.25, 0.3) is 5.69 Å². The van der Waals surface area contributed by atoms with Gasteiger partial charge in [0.1, 0.15) is 5.82 Å². The highest BCUT2D eigenvalue weighted by Gasteiger charge is 2.10. The Morgan fingerprint density at radius 3 is 2.65 bits per heavy atom. The smallest absolute Gasteiger partial charge is 0.234 e. The molecule has 0 unspecified atom stereocenters. The zero-order valence-corrected chi connectivity index (χ0v) is 14.6. The van der Waals surface area contributed by atoms with Crippen LogP contribution in [0.2, 0.25) is 0 Å². The molecule has 0 spiro atoms. The molecule has 3 rings (SSSR count). The van der Waals surface area contributed by atoms with Crippen molar-refractivity contribution in [3.63, 3.8) is 0 Å². The highest BCUT2D eigenvalue weighted by Crippen LogP contribution is 2.09. The predicted molar refractivity (Wildman–Crippen MR) is 98.1 cm³/mol. The van der Waals surface area contributed by atoms with Gasteiger partial charge in [-0.05, 0) is 25.2 Å². The van der Waals surface area contributed by atoms with Crippen molar-refractivity contribution in [3.05, 3.63) is 83.9 Å². The Balaban J connectivity index is 1.49. The molecule has 0 fully saturated rings. The number of nitrogens with zero attached hydrogens (tertiary/aromatic N) is 3. The number of hydrogen-bond donors (Lipinski definition) is 1. The molecule has 3 aromatic rings. The highest BCUT2D eigenvalue weighted by molar-refractivity contribution is 5.77. The number of para-hydroxylation sites is 1. The molecule has 0 bridgehead atoms. The van der Waals surface area contributed by atoms with E-state index in [1.165, 1.54) is 6.07 Å². The molecular weight excluding hydrogens is 331 g/mol. The van der Waals surface area contributed by atoms with Gasteiger partial charge in [-0.15, -0.1) is 0 Å². The molecule has 5 nitrogen and oxygen atoms in total. The lowest BCUT2D eigenvalue weighted by Gasteiger charge is -2.15. The maximum atomic E-state index is 13.6. The largest absolute Gasteiger partial charge is 0.351 e. The van der Waals surface area contributed by atoms with Gasteiger partial charge < -0.3 is 5.32 Å². The number of amides is 1. The van der Waals surface area contributed by atoms with Crippen LogP contribution >= 0.6 is 0 Å². The minimum absolute atomic E-state index is 0.147. The molecular formula is C20H21FN4O. The SMILES string of the molecule is CN(CC(=O)NCc1ccccc1F)Cc1cnn(-c2ccccc2)c1. The van der Waals surface area contributed by atoms with E-state index in [9.17, 15) is 9.18 Å². The monoisotopic (exact) mass is 352 g/mol. The number of carbonyl (C=O) groups is 1. The summed E-state index contributed by atoms with van der Waals surface area (Å²) in [5, 5.41) is 7.10. The van der Waals surface area contributed by atoms with Gasteiger partial charge in [0, 0.05) is 30.4 Å². The molecule has 1 heterocycles. The molecule has 0 atom stereocenters. The van der Waals surface area contributed by atoms with Crippen LogP contribution in [0.1, 0.15) is 11.1 Å². The summed E-state index contributed by atoms with van der Waals surface area (Å²) in [6, 6.07) is 16.3. The number of nitrogens with one attached hydrogen (secondary N) is 1. The molecule has 6 heteroatoms. The van der Waals surface area contributed by atoms with Gasteiger partial charge in [0.15, 0.2) is 0 Å². The summed E-state index contributed by atoms with van der Waals surface area (Å²) in [5.41, 5.74) is 2.48. The average molecular weight is 352 g/mol.